The Labute approximate surface area is 159 Å². The van der Waals surface area contributed by atoms with Gasteiger partial charge in [0, 0.05) is 30.1 Å². The Balaban J connectivity index is 1.57. The fourth-order valence-electron chi connectivity index (χ4n) is 3.48. The number of hydrogen-bond donors (Lipinski definition) is 2. The summed E-state index contributed by atoms with van der Waals surface area (Å²) in [6, 6.07) is 3.25. The quantitative estimate of drug-likeness (QED) is 0.790. The first-order chi connectivity index (χ1) is 12.6. The Morgan fingerprint density at radius 1 is 1.38 bits per heavy atom. The van der Waals surface area contributed by atoms with Gasteiger partial charge in [-0.3, -0.25) is 4.79 Å². The first-order valence-corrected chi connectivity index (χ1v) is 9.74. The lowest BCUT2D eigenvalue weighted by Gasteiger charge is -2.36. The Morgan fingerprint density at radius 2 is 2.19 bits per heavy atom. The average Bonchev–Trinajstić information content (AvgIpc) is 2.64. The van der Waals surface area contributed by atoms with Crippen LogP contribution >= 0.6 is 11.6 Å². The van der Waals surface area contributed by atoms with E-state index in [2.05, 4.69) is 17.1 Å². The number of aliphatic hydroxyl groups excluding tert-OH is 1. The number of rotatable bonds is 6. The van der Waals surface area contributed by atoms with E-state index in [1.54, 1.807) is 12.1 Å². The predicted octanol–water partition coefficient (Wildman–Crippen LogP) is 2.32. The smallest absolute Gasteiger partial charge is 0.255 e. The second-order valence-corrected chi connectivity index (χ2v) is 7.39. The fourth-order valence-corrected chi connectivity index (χ4v) is 3.68. The van der Waals surface area contributed by atoms with Crippen molar-refractivity contribution >= 4 is 17.5 Å². The van der Waals surface area contributed by atoms with E-state index in [1.807, 2.05) is 0 Å². The van der Waals surface area contributed by atoms with Gasteiger partial charge >= 0.3 is 0 Å². The molecule has 1 fully saturated rings. The minimum atomic E-state index is -0.422. The fraction of sp³-hybridized carbons (Fsp3) is 0.632. The van der Waals surface area contributed by atoms with Gasteiger partial charge in [-0.2, -0.15) is 0 Å². The van der Waals surface area contributed by atoms with Crippen molar-refractivity contribution in [3.05, 3.63) is 22.7 Å². The molecule has 0 bridgehead atoms. The summed E-state index contributed by atoms with van der Waals surface area (Å²) in [5.41, 5.74) is 0.377. The molecule has 1 amide bonds. The predicted molar refractivity (Wildman–Crippen MR) is 100 cm³/mol. The molecule has 0 saturated carbocycles. The number of hydrogen-bond acceptors (Lipinski definition) is 5. The highest BCUT2D eigenvalue weighted by atomic mass is 35.5. The summed E-state index contributed by atoms with van der Waals surface area (Å²) in [5.74, 6) is 0.741. The minimum Gasteiger partial charge on any atom is -0.486 e. The van der Waals surface area contributed by atoms with Crippen molar-refractivity contribution in [1.29, 1.82) is 0 Å². The highest BCUT2D eigenvalue weighted by molar-refractivity contribution is 6.31. The van der Waals surface area contributed by atoms with Gasteiger partial charge in [0.2, 0.25) is 0 Å². The third kappa shape index (κ3) is 4.61. The van der Waals surface area contributed by atoms with Crippen molar-refractivity contribution in [2.24, 2.45) is 5.92 Å². The van der Waals surface area contributed by atoms with Crippen LogP contribution in [0.3, 0.4) is 0 Å². The number of ether oxygens (including phenoxy) is 2. The summed E-state index contributed by atoms with van der Waals surface area (Å²) in [5, 5.41) is 13.8. The van der Waals surface area contributed by atoms with Crippen LogP contribution in [-0.2, 0) is 0 Å². The van der Waals surface area contributed by atoms with Gasteiger partial charge in [-0.25, -0.2) is 0 Å². The molecule has 0 aliphatic carbocycles. The molecule has 2 heterocycles. The zero-order valence-electron chi connectivity index (χ0n) is 15.2. The normalized spacial score (nSPS) is 22.9. The van der Waals surface area contributed by atoms with Crippen molar-refractivity contribution in [3.8, 4) is 11.5 Å². The van der Waals surface area contributed by atoms with Crippen molar-refractivity contribution in [2.75, 3.05) is 39.4 Å². The molecular weight excluding hydrogens is 356 g/mol. The maximum Gasteiger partial charge on any atom is 0.255 e. The number of nitrogens with zero attached hydrogens (tertiary/aromatic N) is 1. The molecule has 2 N–H and O–H groups in total. The molecule has 6 nitrogen and oxygen atoms in total. The number of nitrogens with one attached hydrogen (secondary N) is 1. The Morgan fingerprint density at radius 3 is 2.96 bits per heavy atom. The lowest BCUT2D eigenvalue weighted by Crippen LogP contribution is -2.47. The highest BCUT2D eigenvalue weighted by Crippen LogP contribution is 2.36. The van der Waals surface area contributed by atoms with Crippen LogP contribution in [0.15, 0.2) is 12.1 Å². The molecule has 144 valence electrons. The number of likely N-dealkylation sites (tertiary alicyclic amines) is 1. The number of carbonyl (C=O) groups excluding carboxylic acids is 1. The van der Waals surface area contributed by atoms with E-state index in [4.69, 9.17) is 21.1 Å². The highest BCUT2D eigenvalue weighted by Gasteiger charge is 2.28. The number of benzene rings is 1. The third-order valence-corrected chi connectivity index (χ3v) is 5.23. The summed E-state index contributed by atoms with van der Waals surface area (Å²) in [4.78, 5) is 14.9. The number of unbranched alkanes of at least 4 members (excludes halogenated alkanes) is 1. The molecule has 7 heteroatoms. The second kappa shape index (κ2) is 8.93. The summed E-state index contributed by atoms with van der Waals surface area (Å²) in [7, 11) is 0. The zero-order valence-corrected chi connectivity index (χ0v) is 15.9. The molecule has 26 heavy (non-hydrogen) atoms. The van der Waals surface area contributed by atoms with Gasteiger partial charge < -0.3 is 24.8 Å². The average molecular weight is 383 g/mol. The lowest BCUT2D eigenvalue weighted by molar-refractivity contribution is 0.0217. The lowest BCUT2D eigenvalue weighted by atomic mass is 9.93. The number of halogens is 1. The molecule has 0 spiro atoms. The molecule has 1 aromatic rings. The summed E-state index contributed by atoms with van der Waals surface area (Å²) >= 11 is 6.09. The standard InChI is InChI=1S/C19H27ClN2O4/c1-2-3-5-22-6-4-13(16(23)12-22)11-21-19(24)15-9-14(20)10-17-18(15)26-8-7-25-17/h9-10,13,16,23H,2-8,11-12H2,1H3,(H,21,24)/t13-,16+/m0/s1. The van der Waals surface area contributed by atoms with Crippen LogP contribution < -0.4 is 14.8 Å². The second-order valence-electron chi connectivity index (χ2n) is 6.96. The summed E-state index contributed by atoms with van der Waals surface area (Å²) < 4.78 is 11.1. The molecule has 0 aromatic heterocycles. The molecule has 1 saturated heterocycles. The maximum absolute atomic E-state index is 12.6. The van der Waals surface area contributed by atoms with Gasteiger partial charge in [0.05, 0.1) is 11.7 Å². The first-order valence-electron chi connectivity index (χ1n) is 9.36. The van der Waals surface area contributed by atoms with E-state index in [1.165, 1.54) is 0 Å². The van der Waals surface area contributed by atoms with E-state index >= 15 is 0 Å². The van der Waals surface area contributed by atoms with Crippen LogP contribution in [0, 0.1) is 5.92 Å². The molecule has 2 aliphatic heterocycles. The zero-order chi connectivity index (χ0) is 18.5. The number of amides is 1. The van der Waals surface area contributed by atoms with Gasteiger partial charge in [-0.15, -0.1) is 0 Å². The van der Waals surface area contributed by atoms with Gasteiger partial charge in [0.1, 0.15) is 13.2 Å². The first kappa shape index (κ1) is 19.3. The van der Waals surface area contributed by atoms with E-state index in [0.29, 0.717) is 48.4 Å². The summed E-state index contributed by atoms with van der Waals surface area (Å²) in [6.07, 6.45) is 2.75. The molecule has 2 aliphatic rings. The Hall–Kier alpha value is -1.50. The number of fused-ring (bicyclic) bond motifs is 1. The van der Waals surface area contributed by atoms with Crippen LogP contribution in [0.5, 0.6) is 11.5 Å². The molecule has 0 radical (unpaired) electrons. The van der Waals surface area contributed by atoms with Gasteiger partial charge in [-0.1, -0.05) is 24.9 Å². The van der Waals surface area contributed by atoms with Crippen molar-refractivity contribution < 1.29 is 19.4 Å². The number of piperidine rings is 1. The topological polar surface area (TPSA) is 71.0 Å². The van der Waals surface area contributed by atoms with Crippen LogP contribution in [0.4, 0.5) is 0 Å². The molecule has 0 unspecified atom stereocenters. The van der Waals surface area contributed by atoms with E-state index < -0.39 is 6.10 Å². The Kier molecular flexibility index (Phi) is 6.62. The summed E-state index contributed by atoms with van der Waals surface area (Å²) in [6.45, 7) is 6.11. The maximum atomic E-state index is 12.6. The number of carbonyl (C=O) groups is 1. The minimum absolute atomic E-state index is 0.0593. The number of β-amino-alcohol motifs (C(OH)–C–C–N with tert-alkyl or cyclic N) is 1. The van der Waals surface area contributed by atoms with Crippen LogP contribution in [0.25, 0.3) is 0 Å². The van der Waals surface area contributed by atoms with Gasteiger partial charge in [0.25, 0.3) is 5.91 Å². The molecule has 1 aromatic carbocycles. The van der Waals surface area contributed by atoms with Crippen LogP contribution in [-0.4, -0.2) is 61.4 Å². The van der Waals surface area contributed by atoms with Crippen LogP contribution in [0.2, 0.25) is 5.02 Å². The third-order valence-electron chi connectivity index (χ3n) is 5.01. The Bertz CT molecular complexity index is 640. The molecular formula is C19H27ClN2O4. The number of aliphatic hydroxyl groups is 1. The monoisotopic (exact) mass is 382 g/mol. The molecule has 3 rings (SSSR count). The van der Waals surface area contributed by atoms with Crippen molar-refractivity contribution in [3.63, 3.8) is 0 Å². The van der Waals surface area contributed by atoms with Crippen LogP contribution in [0.1, 0.15) is 36.5 Å². The largest absolute Gasteiger partial charge is 0.486 e. The van der Waals surface area contributed by atoms with Crippen molar-refractivity contribution in [2.45, 2.75) is 32.3 Å². The van der Waals surface area contributed by atoms with E-state index in [-0.39, 0.29) is 11.8 Å². The van der Waals surface area contributed by atoms with Gasteiger partial charge in [-0.05, 0) is 32.0 Å². The van der Waals surface area contributed by atoms with Gasteiger partial charge in [0.15, 0.2) is 11.5 Å². The van der Waals surface area contributed by atoms with E-state index in [0.717, 1.165) is 32.4 Å². The van der Waals surface area contributed by atoms with E-state index in [9.17, 15) is 9.90 Å². The molecule has 2 atom stereocenters. The SMILES string of the molecule is CCCCN1CC[C@@H](CNC(=O)c2cc(Cl)cc3c2OCCO3)[C@H](O)C1. The van der Waals surface area contributed by atoms with Crippen molar-refractivity contribution in [1.82, 2.24) is 10.2 Å².